The third-order valence-corrected chi connectivity index (χ3v) is 7.81. The van der Waals surface area contributed by atoms with E-state index in [1.807, 2.05) is 6.92 Å². The number of amides is 1. The van der Waals surface area contributed by atoms with E-state index < -0.39 is 9.84 Å². The van der Waals surface area contributed by atoms with Crippen LogP contribution in [-0.4, -0.2) is 49.1 Å². The Morgan fingerprint density at radius 1 is 1.32 bits per heavy atom. The van der Waals surface area contributed by atoms with Crippen LogP contribution in [0.15, 0.2) is 23.1 Å². The fraction of sp³-hybridized carbons (Fsp3) is 0.632. The Morgan fingerprint density at radius 3 is 2.48 bits per heavy atom. The van der Waals surface area contributed by atoms with Gasteiger partial charge in [-0.05, 0) is 42.9 Å². The molecule has 1 aromatic rings. The lowest BCUT2D eigenvalue weighted by Crippen LogP contribution is -2.41. The summed E-state index contributed by atoms with van der Waals surface area (Å²) >= 11 is 1.55. The van der Waals surface area contributed by atoms with Gasteiger partial charge in [0, 0.05) is 18.0 Å². The van der Waals surface area contributed by atoms with Crippen molar-refractivity contribution in [2.24, 2.45) is 0 Å². The van der Waals surface area contributed by atoms with Gasteiger partial charge in [-0.25, -0.2) is 8.42 Å². The predicted octanol–water partition coefficient (Wildman–Crippen LogP) is 3.42. The van der Waals surface area contributed by atoms with Gasteiger partial charge in [0.15, 0.2) is 9.84 Å². The molecule has 1 amide bonds. The maximum atomic E-state index is 12.7. The number of hydrogen-bond acceptors (Lipinski definition) is 4. The first-order valence-corrected chi connectivity index (χ1v) is 11.4. The van der Waals surface area contributed by atoms with Crippen LogP contribution in [0.2, 0.25) is 0 Å². The number of carbonyl (C=O) groups is 1. The van der Waals surface area contributed by atoms with Crippen LogP contribution >= 0.6 is 11.8 Å². The lowest BCUT2D eigenvalue weighted by Gasteiger charge is -2.27. The minimum Gasteiger partial charge on any atom is -0.341 e. The van der Waals surface area contributed by atoms with E-state index in [0.717, 1.165) is 10.5 Å². The third kappa shape index (κ3) is 5.00. The minimum atomic E-state index is -2.99. The summed E-state index contributed by atoms with van der Waals surface area (Å²) in [6, 6.07) is 6.22. The van der Waals surface area contributed by atoms with Gasteiger partial charge in [0.25, 0.3) is 0 Å². The number of thioether (sulfide) groups is 1. The van der Waals surface area contributed by atoms with Crippen LogP contribution in [0.25, 0.3) is 0 Å². The van der Waals surface area contributed by atoms with E-state index in [2.05, 4.69) is 45.9 Å². The number of nitrogens with zero attached hydrogens (tertiary/aromatic N) is 1. The molecule has 2 atom stereocenters. The second-order valence-electron chi connectivity index (χ2n) is 8.00. The molecule has 1 heterocycles. The van der Waals surface area contributed by atoms with E-state index in [1.165, 1.54) is 5.56 Å². The first kappa shape index (κ1) is 20.3. The second-order valence-corrected chi connectivity index (χ2v) is 11.6. The molecular formula is C19H29NO3S2. The van der Waals surface area contributed by atoms with Crippen LogP contribution in [0.5, 0.6) is 0 Å². The van der Waals surface area contributed by atoms with E-state index in [-0.39, 0.29) is 34.1 Å². The average molecular weight is 384 g/mol. The van der Waals surface area contributed by atoms with Gasteiger partial charge in [-0.15, -0.1) is 11.8 Å². The summed E-state index contributed by atoms with van der Waals surface area (Å²) < 4.78 is 23.3. The van der Waals surface area contributed by atoms with Gasteiger partial charge in [0.1, 0.15) is 0 Å². The smallest absolute Gasteiger partial charge is 0.235 e. The maximum absolute atomic E-state index is 12.7. The van der Waals surface area contributed by atoms with Crippen LogP contribution in [0.3, 0.4) is 0 Å². The number of benzene rings is 1. The van der Waals surface area contributed by atoms with Crippen molar-refractivity contribution in [3.63, 3.8) is 0 Å². The van der Waals surface area contributed by atoms with Crippen molar-refractivity contribution in [1.82, 2.24) is 4.90 Å². The molecule has 1 aliphatic rings. The minimum absolute atomic E-state index is 0.00679. The molecule has 1 fully saturated rings. The number of hydrogen-bond donors (Lipinski definition) is 0. The highest BCUT2D eigenvalue weighted by Crippen LogP contribution is 2.33. The van der Waals surface area contributed by atoms with Gasteiger partial charge in [0.05, 0.1) is 16.8 Å². The number of sulfone groups is 1. The molecule has 140 valence electrons. The van der Waals surface area contributed by atoms with Crippen LogP contribution in [0.4, 0.5) is 0 Å². The molecular weight excluding hydrogens is 354 g/mol. The highest BCUT2D eigenvalue weighted by molar-refractivity contribution is 8.00. The Bertz CT molecular complexity index is 750. The molecule has 1 aromatic carbocycles. The van der Waals surface area contributed by atoms with Gasteiger partial charge in [-0.3, -0.25) is 4.79 Å². The summed E-state index contributed by atoms with van der Waals surface area (Å²) in [7, 11) is -1.26. The Balaban J connectivity index is 2.11. The molecule has 2 rings (SSSR count). The normalized spacial score (nSPS) is 21.1. The molecule has 4 nitrogen and oxygen atoms in total. The Kier molecular flexibility index (Phi) is 5.94. The SMILES string of the molecule is Cc1ccc(C(C)(C)C)cc1SC(C)C(=O)N(C)C1CCS(=O)(=O)C1. The zero-order chi connectivity index (χ0) is 19.0. The Labute approximate surface area is 156 Å². The highest BCUT2D eigenvalue weighted by atomic mass is 32.2. The van der Waals surface area contributed by atoms with E-state index in [0.29, 0.717) is 6.42 Å². The Morgan fingerprint density at radius 2 is 1.96 bits per heavy atom. The van der Waals surface area contributed by atoms with Crippen LogP contribution in [0.1, 0.15) is 45.2 Å². The molecule has 0 aromatic heterocycles. The van der Waals surface area contributed by atoms with Crippen LogP contribution in [0, 0.1) is 6.92 Å². The zero-order valence-electron chi connectivity index (χ0n) is 16.0. The third-order valence-electron chi connectivity index (χ3n) is 4.81. The Hall–Kier alpha value is -1.01. The van der Waals surface area contributed by atoms with Crippen LogP contribution in [-0.2, 0) is 20.0 Å². The predicted molar refractivity (Wildman–Crippen MR) is 105 cm³/mol. The quantitative estimate of drug-likeness (QED) is 0.748. The van der Waals surface area contributed by atoms with Crippen molar-refractivity contribution in [2.45, 2.75) is 62.6 Å². The van der Waals surface area contributed by atoms with Crippen LogP contribution < -0.4 is 0 Å². The van der Waals surface area contributed by atoms with Crippen molar-refractivity contribution in [3.05, 3.63) is 29.3 Å². The van der Waals surface area contributed by atoms with Gasteiger partial charge < -0.3 is 4.90 Å². The summed E-state index contributed by atoms with van der Waals surface area (Å²) in [5.41, 5.74) is 2.46. The standard InChI is InChI=1S/C19H29NO3S2/c1-13-7-8-15(19(3,4)5)11-17(13)24-14(2)18(21)20(6)16-9-10-25(22,23)12-16/h7-8,11,14,16H,9-10,12H2,1-6H3. The lowest BCUT2D eigenvalue weighted by atomic mass is 9.87. The second kappa shape index (κ2) is 7.31. The summed E-state index contributed by atoms with van der Waals surface area (Å²) in [4.78, 5) is 15.5. The highest BCUT2D eigenvalue weighted by Gasteiger charge is 2.34. The van der Waals surface area contributed by atoms with Crippen molar-refractivity contribution >= 4 is 27.5 Å². The van der Waals surface area contributed by atoms with Crippen molar-refractivity contribution in [1.29, 1.82) is 0 Å². The van der Waals surface area contributed by atoms with Gasteiger partial charge in [0.2, 0.25) is 5.91 Å². The number of aryl methyl sites for hydroxylation is 1. The molecule has 0 bridgehead atoms. The van der Waals surface area contributed by atoms with Crippen molar-refractivity contribution in [3.8, 4) is 0 Å². The largest absolute Gasteiger partial charge is 0.341 e. The molecule has 0 spiro atoms. The fourth-order valence-corrected chi connectivity index (χ4v) is 5.85. The summed E-state index contributed by atoms with van der Waals surface area (Å²) in [5.74, 6) is 0.266. The maximum Gasteiger partial charge on any atom is 0.235 e. The first-order chi connectivity index (χ1) is 11.4. The monoisotopic (exact) mass is 383 g/mol. The molecule has 2 unspecified atom stereocenters. The summed E-state index contributed by atoms with van der Waals surface area (Å²) in [5, 5.41) is -0.248. The van der Waals surface area contributed by atoms with E-state index in [1.54, 1.807) is 23.7 Å². The lowest BCUT2D eigenvalue weighted by molar-refractivity contribution is -0.130. The topological polar surface area (TPSA) is 54.5 Å². The number of carbonyl (C=O) groups excluding carboxylic acids is 1. The molecule has 0 radical (unpaired) electrons. The van der Waals surface area contributed by atoms with Crippen molar-refractivity contribution in [2.75, 3.05) is 18.6 Å². The molecule has 0 aliphatic carbocycles. The average Bonchev–Trinajstić information content (AvgIpc) is 2.86. The van der Waals surface area contributed by atoms with E-state index >= 15 is 0 Å². The molecule has 0 saturated carbocycles. The van der Waals surface area contributed by atoms with E-state index in [9.17, 15) is 13.2 Å². The zero-order valence-corrected chi connectivity index (χ0v) is 17.6. The molecule has 6 heteroatoms. The number of rotatable bonds is 4. The van der Waals surface area contributed by atoms with Gasteiger partial charge >= 0.3 is 0 Å². The fourth-order valence-electron chi connectivity index (χ4n) is 2.98. The van der Waals surface area contributed by atoms with Gasteiger partial charge in [-0.1, -0.05) is 32.9 Å². The molecule has 0 N–H and O–H groups in total. The van der Waals surface area contributed by atoms with Crippen molar-refractivity contribution < 1.29 is 13.2 Å². The first-order valence-electron chi connectivity index (χ1n) is 8.65. The summed E-state index contributed by atoms with van der Waals surface area (Å²) in [6.45, 7) is 10.5. The van der Waals surface area contributed by atoms with Gasteiger partial charge in [-0.2, -0.15) is 0 Å². The summed E-state index contributed by atoms with van der Waals surface area (Å²) in [6.07, 6.45) is 0.542. The molecule has 1 aliphatic heterocycles. The molecule has 25 heavy (non-hydrogen) atoms. The van der Waals surface area contributed by atoms with E-state index in [4.69, 9.17) is 0 Å². The molecule has 1 saturated heterocycles.